The Hall–Kier alpha value is -2.05. The highest BCUT2D eigenvalue weighted by Crippen LogP contribution is 2.41. The highest BCUT2D eigenvalue weighted by Gasteiger charge is 2.28. The summed E-state index contributed by atoms with van der Waals surface area (Å²) in [7, 11) is -4.77. The van der Waals surface area contributed by atoms with Gasteiger partial charge < -0.3 is 30.2 Å². The smallest absolute Gasteiger partial charge is 0.356 e. The molecule has 7 nitrogen and oxygen atoms in total. The molecule has 0 heterocycles. The Kier molecular flexibility index (Phi) is 5.51. The van der Waals surface area contributed by atoms with Gasteiger partial charge in [-0.3, -0.25) is 4.57 Å². The number of phenols is 3. The van der Waals surface area contributed by atoms with Crippen molar-refractivity contribution in [2.45, 2.75) is 25.4 Å². The molecule has 24 heavy (non-hydrogen) atoms. The van der Waals surface area contributed by atoms with Crippen LogP contribution < -0.4 is 5.30 Å². The average molecular weight is 354 g/mol. The predicted molar refractivity (Wildman–Crippen MR) is 87.5 cm³/mol. The Morgan fingerprint density at radius 3 is 2.33 bits per heavy atom. The fourth-order valence-electron chi connectivity index (χ4n) is 2.55. The Balaban J connectivity index is 2.15. The zero-order valence-corrected chi connectivity index (χ0v) is 13.6. The summed E-state index contributed by atoms with van der Waals surface area (Å²) in [5.74, 6) is -0.937. The summed E-state index contributed by atoms with van der Waals surface area (Å²) >= 11 is 0. The number of aliphatic hydroxyl groups is 1. The molecule has 0 bridgehead atoms. The van der Waals surface area contributed by atoms with Gasteiger partial charge in [0, 0.05) is 11.6 Å². The lowest BCUT2D eigenvalue weighted by Gasteiger charge is -2.18. The molecule has 0 aromatic heterocycles. The van der Waals surface area contributed by atoms with E-state index < -0.39 is 30.5 Å². The number of aryl methyl sites for hydroxylation is 1. The van der Waals surface area contributed by atoms with E-state index in [0.29, 0.717) is 12.8 Å². The maximum absolute atomic E-state index is 11.5. The van der Waals surface area contributed by atoms with Gasteiger partial charge in [0.15, 0.2) is 0 Å². The fraction of sp³-hybridized carbons (Fsp3) is 0.250. The molecule has 0 aliphatic rings. The van der Waals surface area contributed by atoms with Gasteiger partial charge in [0.1, 0.15) is 17.2 Å². The van der Waals surface area contributed by atoms with Crippen LogP contribution in [0.25, 0.3) is 0 Å². The zero-order valence-electron chi connectivity index (χ0n) is 12.7. The number of hydrogen-bond donors (Lipinski definition) is 6. The Morgan fingerprint density at radius 1 is 1.00 bits per heavy atom. The highest BCUT2D eigenvalue weighted by atomic mass is 31.2. The third-order valence-corrected chi connectivity index (χ3v) is 4.62. The van der Waals surface area contributed by atoms with Crippen molar-refractivity contribution in [1.82, 2.24) is 0 Å². The molecule has 2 aromatic rings. The van der Waals surface area contributed by atoms with Crippen molar-refractivity contribution in [3.63, 3.8) is 0 Å². The van der Waals surface area contributed by atoms with Crippen molar-refractivity contribution in [3.05, 3.63) is 47.5 Å². The van der Waals surface area contributed by atoms with E-state index in [1.165, 1.54) is 0 Å². The van der Waals surface area contributed by atoms with E-state index in [4.69, 9.17) is 0 Å². The minimum absolute atomic E-state index is 0.132. The number of phenolic OH excluding ortho intramolecular Hbond substituents is 3. The topological polar surface area (TPSA) is 138 Å². The second-order valence-electron chi connectivity index (χ2n) is 5.52. The van der Waals surface area contributed by atoms with Crippen molar-refractivity contribution in [2.75, 3.05) is 0 Å². The van der Waals surface area contributed by atoms with Gasteiger partial charge >= 0.3 is 7.60 Å². The van der Waals surface area contributed by atoms with Crippen LogP contribution in [-0.2, 0) is 11.0 Å². The highest BCUT2D eigenvalue weighted by molar-refractivity contribution is 7.60. The van der Waals surface area contributed by atoms with Crippen molar-refractivity contribution in [2.24, 2.45) is 0 Å². The lowest BCUT2D eigenvalue weighted by atomic mass is 10.00. The zero-order chi connectivity index (χ0) is 17.9. The SMILES string of the molecule is O=P(O)(O)c1cc(O)cc(O)c1C(O)CCCc1cccc(O)c1. The van der Waals surface area contributed by atoms with Crippen LogP contribution in [0.5, 0.6) is 17.2 Å². The Morgan fingerprint density at radius 2 is 1.71 bits per heavy atom. The fourth-order valence-corrected chi connectivity index (χ4v) is 3.42. The molecule has 6 N–H and O–H groups in total. The quantitative estimate of drug-likeness (QED) is 0.434. The number of hydrogen-bond acceptors (Lipinski definition) is 5. The lowest BCUT2D eigenvalue weighted by Crippen LogP contribution is -2.15. The third kappa shape index (κ3) is 4.49. The molecule has 0 spiro atoms. The first-order valence-electron chi connectivity index (χ1n) is 7.26. The summed E-state index contributed by atoms with van der Waals surface area (Å²) in [6.07, 6.45) is -0.159. The summed E-state index contributed by atoms with van der Waals surface area (Å²) in [5, 5.41) is 38.3. The third-order valence-electron chi connectivity index (χ3n) is 3.62. The van der Waals surface area contributed by atoms with E-state index >= 15 is 0 Å². The molecule has 2 rings (SSSR count). The average Bonchev–Trinajstić information content (AvgIpc) is 2.45. The molecule has 0 aliphatic heterocycles. The van der Waals surface area contributed by atoms with Crippen LogP contribution in [0.1, 0.15) is 30.1 Å². The molecule has 8 heteroatoms. The Bertz CT molecular complexity index is 769. The van der Waals surface area contributed by atoms with Crippen molar-refractivity contribution < 1.29 is 34.8 Å². The van der Waals surface area contributed by atoms with Gasteiger partial charge in [0.05, 0.1) is 11.4 Å². The van der Waals surface area contributed by atoms with E-state index in [1.54, 1.807) is 18.2 Å². The van der Waals surface area contributed by atoms with Gasteiger partial charge in [-0.05, 0) is 43.0 Å². The normalized spacial score (nSPS) is 13.0. The lowest BCUT2D eigenvalue weighted by molar-refractivity contribution is 0.161. The summed E-state index contributed by atoms with van der Waals surface area (Å²) in [6, 6.07) is 8.40. The van der Waals surface area contributed by atoms with E-state index in [0.717, 1.165) is 17.7 Å². The first-order chi connectivity index (χ1) is 11.2. The van der Waals surface area contributed by atoms with Crippen LogP contribution in [0, 0.1) is 0 Å². The molecule has 1 atom stereocenters. The second kappa shape index (κ2) is 7.23. The van der Waals surface area contributed by atoms with Gasteiger partial charge in [-0.25, -0.2) is 0 Å². The van der Waals surface area contributed by atoms with Gasteiger partial charge in [0.2, 0.25) is 0 Å². The molecule has 1 unspecified atom stereocenters. The van der Waals surface area contributed by atoms with E-state index in [2.05, 4.69) is 0 Å². The van der Waals surface area contributed by atoms with Crippen LogP contribution in [-0.4, -0.2) is 30.2 Å². The van der Waals surface area contributed by atoms with Gasteiger partial charge in [0.25, 0.3) is 0 Å². The van der Waals surface area contributed by atoms with Crippen molar-refractivity contribution in [1.29, 1.82) is 0 Å². The van der Waals surface area contributed by atoms with E-state index in [9.17, 15) is 34.8 Å². The first kappa shape index (κ1) is 18.3. The van der Waals surface area contributed by atoms with Crippen LogP contribution >= 0.6 is 7.60 Å². The summed E-state index contributed by atoms with van der Waals surface area (Å²) in [6.45, 7) is 0. The molecule has 0 amide bonds. The molecular formula is C16H19O7P. The largest absolute Gasteiger partial charge is 0.508 e. The number of aliphatic hydroxyl groups excluding tert-OH is 1. The van der Waals surface area contributed by atoms with Gasteiger partial charge in [-0.1, -0.05) is 12.1 Å². The molecule has 0 fully saturated rings. The molecule has 0 aliphatic carbocycles. The summed E-state index contributed by atoms with van der Waals surface area (Å²) in [5.41, 5.74) is 0.574. The van der Waals surface area contributed by atoms with Gasteiger partial charge in [-0.15, -0.1) is 0 Å². The Labute approximate surface area is 138 Å². The van der Waals surface area contributed by atoms with Gasteiger partial charge in [-0.2, -0.15) is 0 Å². The van der Waals surface area contributed by atoms with Crippen LogP contribution in [0.2, 0.25) is 0 Å². The second-order valence-corrected chi connectivity index (χ2v) is 7.09. The monoisotopic (exact) mass is 354 g/mol. The molecular weight excluding hydrogens is 335 g/mol. The minimum Gasteiger partial charge on any atom is -0.508 e. The van der Waals surface area contributed by atoms with Crippen molar-refractivity contribution >= 4 is 12.9 Å². The first-order valence-corrected chi connectivity index (χ1v) is 8.87. The molecule has 0 radical (unpaired) electrons. The van der Waals surface area contributed by atoms with Crippen molar-refractivity contribution in [3.8, 4) is 17.2 Å². The van der Waals surface area contributed by atoms with Crippen LogP contribution in [0.15, 0.2) is 36.4 Å². The van der Waals surface area contributed by atoms with Crippen LogP contribution in [0.3, 0.4) is 0 Å². The summed E-state index contributed by atoms with van der Waals surface area (Å²) < 4.78 is 11.5. The maximum Gasteiger partial charge on any atom is 0.356 e. The molecule has 130 valence electrons. The number of rotatable bonds is 6. The molecule has 2 aromatic carbocycles. The molecule has 0 saturated carbocycles. The number of aromatic hydroxyl groups is 3. The summed E-state index contributed by atoms with van der Waals surface area (Å²) in [4.78, 5) is 18.7. The predicted octanol–water partition coefficient (Wildman–Crippen LogP) is 1.66. The maximum atomic E-state index is 11.5. The van der Waals surface area contributed by atoms with E-state index in [1.807, 2.05) is 6.07 Å². The van der Waals surface area contributed by atoms with E-state index in [-0.39, 0.29) is 17.7 Å². The molecule has 0 saturated heterocycles. The van der Waals surface area contributed by atoms with Crippen LogP contribution in [0.4, 0.5) is 0 Å². The number of benzene rings is 2. The standard InChI is InChI=1S/C16H19O7P/c17-11-5-1-3-10(7-11)4-2-6-13(19)16-14(20)8-12(18)9-15(16)24(21,22)23/h1,3,5,7-9,13,17-20H,2,4,6H2,(H2,21,22,23). The minimum atomic E-state index is -4.77.